The van der Waals surface area contributed by atoms with Gasteiger partial charge in [0.25, 0.3) is 5.91 Å². The maximum atomic E-state index is 12.9. The van der Waals surface area contributed by atoms with Crippen molar-refractivity contribution in [1.29, 1.82) is 0 Å². The van der Waals surface area contributed by atoms with E-state index in [4.69, 9.17) is 9.26 Å². The van der Waals surface area contributed by atoms with Gasteiger partial charge in [-0.25, -0.2) is 0 Å². The van der Waals surface area contributed by atoms with Gasteiger partial charge in [-0.15, -0.1) is 0 Å². The quantitative estimate of drug-likeness (QED) is 0.685. The van der Waals surface area contributed by atoms with Gasteiger partial charge in [-0.1, -0.05) is 35.0 Å². The van der Waals surface area contributed by atoms with E-state index in [0.717, 1.165) is 41.8 Å². The zero-order valence-corrected chi connectivity index (χ0v) is 16.1. The van der Waals surface area contributed by atoms with Gasteiger partial charge < -0.3 is 14.2 Å². The summed E-state index contributed by atoms with van der Waals surface area (Å²) < 4.78 is 10.8. The molecule has 3 aromatic rings. The van der Waals surface area contributed by atoms with Crippen molar-refractivity contribution >= 4 is 5.91 Å². The molecule has 6 heteroatoms. The van der Waals surface area contributed by atoms with Crippen LogP contribution in [0.3, 0.4) is 0 Å². The third kappa shape index (κ3) is 3.76. The minimum atomic E-state index is 0.0503. The van der Waals surface area contributed by atoms with Crippen LogP contribution in [0.25, 0.3) is 11.4 Å². The highest BCUT2D eigenvalue weighted by Gasteiger charge is 2.29. The predicted molar refractivity (Wildman–Crippen MR) is 105 cm³/mol. The number of nitrogens with zero attached hydrogens (tertiary/aromatic N) is 3. The summed E-state index contributed by atoms with van der Waals surface area (Å²) in [4.78, 5) is 19.3. The summed E-state index contributed by atoms with van der Waals surface area (Å²) in [7, 11) is 1.63. The number of carbonyl (C=O) groups excluding carboxylic acids is 1. The summed E-state index contributed by atoms with van der Waals surface area (Å²) in [6.07, 6.45) is 1.84. The topological polar surface area (TPSA) is 68.5 Å². The summed E-state index contributed by atoms with van der Waals surface area (Å²) in [6, 6.07) is 15.3. The minimum absolute atomic E-state index is 0.0503. The zero-order valence-electron chi connectivity index (χ0n) is 16.1. The van der Waals surface area contributed by atoms with Crippen molar-refractivity contribution in [3.05, 3.63) is 65.5 Å². The average molecular weight is 377 g/mol. The maximum Gasteiger partial charge on any atom is 0.253 e. The first-order valence-electron chi connectivity index (χ1n) is 9.48. The second-order valence-electron chi connectivity index (χ2n) is 7.15. The Balaban J connectivity index is 1.50. The molecule has 144 valence electrons. The molecule has 2 heterocycles. The summed E-state index contributed by atoms with van der Waals surface area (Å²) in [5, 5.41) is 4.13. The van der Waals surface area contributed by atoms with Crippen LogP contribution < -0.4 is 4.74 Å². The Morgan fingerprint density at radius 2 is 2.07 bits per heavy atom. The number of hydrogen-bond donors (Lipinski definition) is 0. The predicted octanol–water partition coefficient (Wildman–Crippen LogP) is 4.07. The number of hydrogen-bond acceptors (Lipinski definition) is 5. The molecule has 0 unspecified atom stereocenters. The monoisotopic (exact) mass is 377 g/mol. The van der Waals surface area contributed by atoms with Crippen molar-refractivity contribution in [2.24, 2.45) is 0 Å². The Kier molecular flexibility index (Phi) is 5.10. The van der Waals surface area contributed by atoms with E-state index in [2.05, 4.69) is 10.1 Å². The van der Waals surface area contributed by atoms with Gasteiger partial charge in [0, 0.05) is 24.2 Å². The van der Waals surface area contributed by atoms with Gasteiger partial charge in [0.2, 0.25) is 11.7 Å². The molecule has 1 saturated heterocycles. The van der Waals surface area contributed by atoms with Gasteiger partial charge in [0.05, 0.1) is 13.0 Å². The van der Waals surface area contributed by atoms with E-state index in [1.807, 2.05) is 60.4 Å². The zero-order chi connectivity index (χ0) is 19.5. The van der Waals surface area contributed by atoms with Crippen molar-refractivity contribution in [3.63, 3.8) is 0 Å². The molecule has 1 amide bonds. The molecule has 1 fully saturated rings. The van der Waals surface area contributed by atoms with Crippen LogP contribution >= 0.6 is 0 Å². The molecule has 0 bridgehead atoms. The fraction of sp³-hybridized carbons (Fsp3) is 0.318. The smallest absolute Gasteiger partial charge is 0.253 e. The van der Waals surface area contributed by atoms with Crippen molar-refractivity contribution in [1.82, 2.24) is 15.0 Å². The molecule has 1 aliphatic heterocycles. The molecule has 6 nitrogen and oxygen atoms in total. The molecule has 0 aliphatic carbocycles. The van der Waals surface area contributed by atoms with Gasteiger partial charge >= 0.3 is 0 Å². The molecule has 28 heavy (non-hydrogen) atoms. The molecular formula is C22H23N3O3. The van der Waals surface area contributed by atoms with E-state index in [-0.39, 0.29) is 11.8 Å². The van der Waals surface area contributed by atoms with Crippen molar-refractivity contribution in [2.45, 2.75) is 25.7 Å². The molecule has 2 aromatic carbocycles. The van der Waals surface area contributed by atoms with Crippen molar-refractivity contribution < 1.29 is 14.1 Å². The Morgan fingerprint density at radius 1 is 1.21 bits per heavy atom. The van der Waals surface area contributed by atoms with E-state index in [0.29, 0.717) is 18.3 Å². The highest BCUT2D eigenvalue weighted by molar-refractivity contribution is 5.94. The molecule has 0 N–H and O–H groups in total. The Bertz CT molecular complexity index is 982. The lowest BCUT2D eigenvalue weighted by molar-refractivity contribution is 0.0695. The SMILES string of the molecule is COc1cccc(-c2noc([C@@H]3CCCN(C(=O)c4cccc(C)c4)C3)n2)c1. The second-order valence-corrected chi connectivity index (χ2v) is 7.15. The van der Waals surface area contributed by atoms with Crippen LogP contribution in [0.1, 0.15) is 40.6 Å². The van der Waals surface area contributed by atoms with Crippen LogP contribution in [0.5, 0.6) is 5.75 Å². The highest BCUT2D eigenvalue weighted by atomic mass is 16.5. The molecule has 1 aliphatic rings. The van der Waals surface area contributed by atoms with E-state index in [1.54, 1.807) is 7.11 Å². The summed E-state index contributed by atoms with van der Waals surface area (Å²) in [5.74, 6) is 1.97. The first-order valence-corrected chi connectivity index (χ1v) is 9.48. The van der Waals surface area contributed by atoms with E-state index in [9.17, 15) is 4.79 Å². The molecule has 0 spiro atoms. The lowest BCUT2D eigenvalue weighted by Gasteiger charge is -2.31. The lowest BCUT2D eigenvalue weighted by atomic mass is 9.97. The minimum Gasteiger partial charge on any atom is -0.497 e. The summed E-state index contributed by atoms with van der Waals surface area (Å²) >= 11 is 0. The number of carbonyl (C=O) groups is 1. The number of ether oxygens (including phenoxy) is 1. The van der Waals surface area contributed by atoms with Gasteiger partial charge in [-0.2, -0.15) is 4.98 Å². The number of amides is 1. The van der Waals surface area contributed by atoms with E-state index >= 15 is 0 Å². The average Bonchev–Trinajstić information content (AvgIpc) is 3.24. The highest BCUT2D eigenvalue weighted by Crippen LogP contribution is 2.29. The maximum absolute atomic E-state index is 12.9. The first kappa shape index (κ1) is 18.2. The Labute approximate surface area is 164 Å². The number of likely N-dealkylation sites (tertiary alicyclic amines) is 1. The number of piperidine rings is 1. The first-order chi connectivity index (χ1) is 13.6. The lowest BCUT2D eigenvalue weighted by Crippen LogP contribution is -2.39. The third-order valence-electron chi connectivity index (χ3n) is 5.09. The van der Waals surface area contributed by atoms with Gasteiger partial charge in [-0.3, -0.25) is 4.79 Å². The van der Waals surface area contributed by atoms with Gasteiger partial charge in [0.1, 0.15) is 5.75 Å². The number of methoxy groups -OCH3 is 1. The van der Waals surface area contributed by atoms with Crippen LogP contribution in [0.15, 0.2) is 53.1 Å². The van der Waals surface area contributed by atoms with Gasteiger partial charge in [0.15, 0.2) is 0 Å². The van der Waals surface area contributed by atoms with Crippen LogP contribution in [0.4, 0.5) is 0 Å². The Hall–Kier alpha value is -3.15. The van der Waals surface area contributed by atoms with Crippen molar-refractivity contribution in [2.75, 3.05) is 20.2 Å². The molecule has 1 atom stereocenters. The van der Waals surface area contributed by atoms with E-state index in [1.165, 1.54) is 0 Å². The molecule has 0 radical (unpaired) electrons. The normalized spacial score (nSPS) is 16.8. The number of aromatic nitrogens is 2. The molecule has 4 rings (SSSR count). The molecule has 1 aromatic heterocycles. The number of rotatable bonds is 4. The van der Waals surface area contributed by atoms with Crippen LogP contribution in [-0.4, -0.2) is 41.1 Å². The summed E-state index contributed by atoms with van der Waals surface area (Å²) in [5.41, 5.74) is 2.65. The standard InChI is InChI=1S/C22H23N3O3/c1-15-6-3-8-17(12-15)22(26)25-11-5-9-18(14-25)21-23-20(24-28-21)16-7-4-10-19(13-16)27-2/h3-4,6-8,10,12-13,18H,5,9,11,14H2,1-2H3/t18-/m1/s1. The molecule has 0 saturated carbocycles. The van der Waals surface area contributed by atoms with Crippen LogP contribution in [-0.2, 0) is 0 Å². The third-order valence-corrected chi connectivity index (χ3v) is 5.09. The second kappa shape index (κ2) is 7.84. The number of aryl methyl sites for hydroxylation is 1. The number of benzene rings is 2. The van der Waals surface area contributed by atoms with Gasteiger partial charge in [-0.05, 0) is 44.0 Å². The largest absolute Gasteiger partial charge is 0.497 e. The van der Waals surface area contributed by atoms with Crippen molar-refractivity contribution in [3.8, 4) is 17.1 Å². The van der Waals surface area contributed by atoms with Crippen LogP contribution in [0.2, 0.25) is 0 Å². The fourth-order valence-corrected chi connectivity index (χ4v) is 3.60. The van der Waals surface area contributed by atoms with E-state index < -0.39 is 0 Å². The summed E-state index contributed by atoms with van der Waals surface area (Å²) in [6.45, 7) is 3.33. The Morgan fingerprint density at radius 3 is 2.89 bits per heavy atom. The van der Waals surface area contributed by atoms with Crippen LogP contribution in [0, 0.1) is 6.92 Å². The molecular weight excluding hydrogens is 354 g/mol. The fourth-order valence-electron chi connectivity index (χ4n) is 3.60.